The molecule has 0 radical (unpaired) electrons. The van der Waals surface area contributed by atoms with E-state index in [0.717, 1.165) is 12.4 Å². The topological polar surface area (TPSA) is 71.8 Å². The van der Waals surface area contributed by atoms with Gasteiger partial charge in [-0.25, -0.2) is 14.2 Å². The fourth-order valence-electron chi connectivity index (χ4n) is 1.46. The summed E-state index contributed by atoms with van der Waals surface area (Å²) in [5, 5.41) is 4.53. The zero-order valence-electron chi connectivity index (χ0n) is 10.1. The number of hydrogen-bond acceptors (Lipinski definition) is 3. The molecule has 2 aromatic rings. The lowest BCUT2D eigenvalue weighted by Crippen LogP contribution is -2.29. The highest BCUT2D eigenvalue weighted by atomic mass is 19.3. The van der Waals surface area contributed by atoms with Crippen LogP contribution in [-0.4, -0.2) is 20.6 Å². The highest BCUT2D eigenvalue weighted by molar-refractivity contribution is 5.89. The largest absolute Gasteiger partial charge is 0.331 e. The van der Waals surface area contributed by atoms with Crippen molar-refractivity contribution in [3.8, 4) is 0 Å². The van der Waals surface area contributed by atoms with Crippen LogP contribution in [0.2, 0.25) is 0 Å². The Morgan fingerprint density at radius 1 is 1.40 bits per heavy atom. The number of imidazole rings is 1. The molecule has 2 rings (SSSR count). The number of anilines is 1. The second kappa shape index (κ2) is 6.04. The van der Waals surface area contributed by atoms with Crippen LogP contribution in [0.1, 0.15) is 12.4 Å². The summed E-state index contributed by atoms with van der Waals surface area (Å²) in [5.41, 5.74) is -0.0605. The first-order chi connectivity index (χ1) is 9.58. The minimum atomic E-state index is -2.74. The van der Waals surface area contributed by atoms with E-state index in [9.17, 15) is 18.0 Å². The van der Waals surface area contributed by atoms with Crippen LogP contribution in [0.5, 0.6) is 0 Å². The van der Waals surface area contributed by atoms with Gasteiger partial charge in [0.15, 0.2) is 5.82 Å². The molecule has 106 valence electrons. The Labute approximate surface area is 111 Å². The van der Waals surface area contributed by atoms with Crippen molar-refractivity contribution in [1.82, 2.24) is 19.9 Å². The Hall–Kier alpha value is -2.58. The summed E-state index contributed by atoms with van der Waals surface area (Å²) >= 11 is 0. The van der Waals surface area contributed by atoms with Crippen molar-refractivity contribution in [2.24, 2.45) is 0 Å². The molecule has 9 heteroatoms. The van der Waals surface area contributed by atoms with Gasteiger partial charge in [-0.3, -0.25) is 9.55 Å². The summed E-state index contributed by atoms with van der Waals surface area (Å²) in [6.07, 6.45) is 4.55. The van der Waals surface area contributed by atoms with Crippen molar-refractivity contribution in [2.75, 3.05) is 5.32 Å². The van der Waals surface area contributed by atoms with Crippen molar-refractivity contribution in [2.45, 2.75) is 13.1 Å². The van der Waals surface area contributed by atoms with E-state index in [0.29, 0.717) is 4.57 Å². The molecule has 0 bridgehead atoms. The molecule has 20 heavy (non-hydrogen) atoms. The highest BCUT2D eigenvalue weighted by Gasteiger charge is 2.12. The molecule has 0 fully saturated rings. The zero-order valence-corrected chi connectivity index (χ0v) is 10.1. The maximum atomic E-state index is 13.2. The summed E-state index contributed by atoms with van der Waals surface area (Å²) in [6.45, 7) is -2.95. The SMILES string of the molecule is O=C(NCc1nccn1C(F)F)Nc1ccncc1F. The predicted octanol–water partition coefficient (Wildman–Crippen LogP) is 2.13. The fraction of sp³-hybridized carbons (Fsp3) is 0.182. The van der Waals surface area contributed by atoms with E-state index in [4.69, 9.17) is 0 Å². The van der Waals surface area contributed by atoms with Gasteiger partial charge in [-0.15, -0.1) is 0 Å². The maximum Gasteiger partial charge on any atom is 0.319 e. The van der Waals surface area contributed by atoms with Gasteiger partial charge in [-0.1, -0.05) is 0 Å². The lowest BCUT2D eigenvalue weighted by atomic mass is 10.4. The predicted molar refractivity (Wildman–Crippen MR) is 63.5 cm³/mol. The minimum Gasteiger partial charge on any atom is -0.331 e. The number of hydrogen-bond donors (Lipinski definition) is 2. The molecule has 2 aromatic heterocycles. The van der Waals surface area contributed by atoms with E-state index < -0.39 is 18.4 Å². The molecule has 0 unspecified atom stereocenters. The standard InChI is InChI=1S/C11H10F3N5O/c12-7-5-15-2-1-8(7)18-11(20)17-6-9-16-3-4-19(9)10(13)14/h1-5,10H,6H2,(H2,15,17,18,20). The quantitative estimate of drug-likeness (QED) is 0.904. The summed E-state index contributed by atoms with van der Waals surface area (Å²) in [6, 6.07) is 0.536. The third-order valence-corrected chi connectivity index (χ3v) is 2.39. The lowest BCUT2D eigenvalue weighted by Gasteiger charge is -2.09. The first kappa shape index (κ1) is 13.8. The van der Waals surface area contributed by atoms with Crippen LogP contribution in [0.25, 0.3) is 0 Å². The smallest absolute Gasteiger partial charge is 0.319 e. The van der Waals surface area contributed by atoms with Crippen molar-refractivity contribution in [3.05, 3.63) is 42.5 Å². The third kappa shape index (κ3) is 3.25. The van der Waals surface area contributed by atoms with Crippen LogP contribution in [0.3, 0.4) is 0 Å². The minimum absolute atomic E-state index is 0.00893. The Morgan fingerprint density at radius 3 is 2.90 bits per heavy atom. The Bertz CT molecular complexity index is 601. The summed E-state index contributed by atoms with van der Waals surface area (Å²) < 4.78 is 38.9. The molecule has 6 nitrogen and oxygen atoms in total. The zero-order chi connectivity index (χ0) is 14.5. The Balaban J connectivity index is 1.93. The fourth-order valence-corrected chi connectivity index (χ4v) is 1.46. The van der Waals surface area contributed by atoms with Crippen LogP contribution in [0, 0.1) is 5.82 Å². The molecule has 0 aliphatic heterocycles. The molecule has 2 heterocycles. The molecule has 0 atom stereocenters. The van der Waals surface area contributed by atoms with Crippen LogP contribution in [0.15, 0.2) is 30.9 Å². The molecule has 2 amide bonds. The molecule has 0 saturated heterocycles. The Kier molecular flexibility index (Phi) is 4.18. The van der Waals surface area contributed by atoms with Crippen molar-refractivity contribution in [1.29, 1.82) is 0 Å². The van der Waals surface area contributed by atoms with Crippen molar-refractivity contribution < 1.29 is 18.0 Å². The van der Waals surface area contributed by atoms with Crippen LogP contribution >= 0.6 is 0 Å². The van der Waals surface area contributed by atoms with E-state index in [1.54, 1.807) is 0 Å². The number of aromatic nitrogens is 3. The number of rotatable bonds is 4. The second-order valence-corrected chi connectivity index (χ2v) is 3.69. The van der Waals surface area contributed by atoms with E-state index >= 15 is 0 Å². The number of pyridine rings is 1. The molecule has 0 aromatic carbocycles. The number of amides is 2. The summed E-state index contributed by atoms with van der Waals surface area (Å²) in [5.74, 6) is -0.706. The number of nitrogens with one attached hydrogen (secondary N) is 2. The van der Waals surface area contributed by atoms with Gasteiger partial charge in [-0.2, -0.15) is 8.78 Å². The molecule has 0 aliphatic rings. The molecule has 0 aliphatic carbocycles. The normalized spacial score (nSPS) is 10.6. The lowest BCUT2D eigenvalue weighted by molar-refractivity contribution is 0.0667. The van der Waals surface area contributed by atoms with Gasteiger partial charge in [-0.05, 0) is 6.07 Å². The van der Waals surface area contributed by atoms with Gasteiger partial charge in [0.05, 0.1) is 18.4 Å². The second-order valence-electron chi connectivity index (χ2n) is 3.69. The van der Waals surface area contributed by atoms with Gasteiger partial charge < -0.3 is 10.6 Å². The molecular formula is C11H10F3N5O. The number of urea groups is 1. The van der Waals surface area contributed by atoms with Crippen LogP contribution in [-0.2, 0) is 6.54 Å². The van der Waals surface area contributed by atoms with Crippen molar-refractivity contribution >= 4 is 11.7 Å². The number of alkyl halides is 2. The molecule has 0 spiro atoms. The number of nitrogens with zero attached hydrogens (tertiary/aromatic N) is 3. The molecule has 0 saturated carbocycles. The van der Waals surface area contributed by atoms with Gasteiger partial charge >= 0.3 is 12.6 Å². The molecule has 2 N–H and O–H groups in total. The number of carbonyl (C=O) groups is 1. The first-order valence-corrected chi connectivity index (χ1v) is 5.52. The van der Waals surface area contributed by atoms with E-state index in [1.807, 2.05) is 0 Å². The highest BCUT2D eigenvalue weighted by Crippen LogP contribution is 2.12. The van der Waals surface area contributed by atoms with Crippen LogP contribution in [0.4, 0.5) is 23.7 Å². The van der Waals surface area contributed by atoms with Gasteiger partial charge in [0.25, 0.3) is 0 Å². The van der Waals surface area contributed by atoms with E-state index in [1.165, 1.54) is 18.5 Å². The van der Waals surface area contributed by atoms with Gasteiger partial charge in [0.2, 0.25) is 0 Å². The average Bonchev–Trinajstić information content (AvgIpc) is 2.88. The van der Waals surface area contributed by atoms with E-state index in [2.05, 4.69) is 20.6 Å². The van der Waals surface area contributed by atoms with Gasteiger partial charge in [0.1, 0.15) is 5.82 Å². The monoisotopic (exact) mass is 285 g/mol. The summed E-state index contributed by atoms with van der Waals surface area (Å²) in [7, 11) is 0. The third-order valence-electron chi connectivity index (χ3n) is 2.39. The Morgan fingerprint density at radius 2 is 2.20 bits per heavy atom. The average molecular weight is 285 g/mol. The van der Waals surface area contributed by atoms with E-state index in [-0.39, 0.29) is 18.1 Å². The van der Waals surface area contributed by atoms with Crippen LogP contribution < -0.4 is 10.6 Å². The number of halogens is 3. The number of carbonyl (C=O) groups excluding carboxylic acids is 1. The first-order valence-electron chi connectivity index (χ1n) is 5.52. The maximum absolute atomic E-state index is 13.2. The summed E-state index contributed by atoms with van der Waals surface area (Å²) in [4.78, 5) is 18.7. The molecular weight excluding hydrogens is 275 g/mol. The van der Waals surface area contributed by atoms with Crippen molar-refractivity contribution in [3.63, 3.8) is 0 Å². The van der Waals surface area contributed by atoms with Gasteiger partial charge in [0, 0.05) is 18.6 Å².